The first-order valence-electron chi connectivity index (χ1n) is 17.6. The Balaban J connectivity index is 0.000000421. The molecule has 0 saturated carbocycles. The van der Waals surface area contributed by atoms with Gasteiger partial charge in [0.1, 0.15) is 30.8 Å². The van der Waals surface area contributed by atoms with Crippen LogP contribution in [0.3, 0.4) is 0 Å². The number of piperidine rings is 1. The lowest BCUT2D eigenvalue weighted by molar-refractivity contribution is -0.141. The molecule has 0 aliphatic carbocycles. The number of likely N-dealkylation sites (tertiary alicyclic amines) is 1. The summed E-state index contributed by atoms with van der Waals surface area (Å²) in [7, 11) is 2.14. The maximum atomic E-state index is 13.1. The number of aromatic amines is 1. The van der Waals surface area contributed by atoms with E-state index in [1.54, 1.807) is 12.1 Å². The summed E-state index contributed by atoms with van der Waals surface area (Å²) in [4.78, 5) is 21.9. The Morgan fingerprint density at radius 1 is 1.14 bits per heavy atom. The van der Waals surface area contributed by atoms with Crippen LogP contribution in [0.4, 0.5) is 24.8 Å². The number of H-pyrrole nitrogens is 1. The van der Waals surface area contributed by atoms with Crippen LogP contribution in [0.1, 0.15) is 83.0 Å². The van der Waals surface area contributed by atoms with E-state index in [2.05, 4.69) is 84.9 Å². The molecule has 282 valence electrons. The number of nitrogens with one attached hydrogen (secondary N) is 4. The topological polar surface area (TPSA) is 128 Å². The second kappa shape index (κ2) is 24.7. The standard InChI is InChI=1S/C16H23F3N4.C14H21N5.C2H3N.C2H6.C2H2.CH2O/c17-16(18,19)14-9-12(11-23-7-1-2-8-23)10-15(22-14)21-13-3-5-20-6-4-13;1-3-4-7-19-9-11(8-18(19)2)13-12-5-6-15-14(12)17-10-16-13;1-2-3;3*1-2/h9-10,13,20H,1-8,11H2,(H,21,22);5-6,9,15,17H,3-4,7-8,10H2,1-2H3;1H3;1-2H3;1-2H;1H2. The van der Waals surface area contributed by atoms with Gasteiger partial charge in [0.05, 0.1) is 11.8 Å². The molecule has 0 spiro atoms. The predicted octanol–water partition coefficient (Wildman–Crippen LogP) is 6.51. The maximum Gasteiger partial charge on any atom is 0.433 e. The SMILES string of the molecule is C#C.C=O.CC.CC#N.CCCCN1C=C(C2=NCNc3[nH]ccc32)CN1C.FC(F)(F)c1cc(CN2CCCC2)cc(NC2CCNCC2)n1. The van der Waals surface area contributed by atoms with Gasteiger partial charge in [-0.05, 0) is 82.0 Å². The number of likely N-dealkylation sites (N-methyl/N-ethyl adjacent to an activating group) is 1. The van der Waals surface area contributed by atoms with Crippen molar-refractivity contribution in [3.63, 3.8) is 0 Å². The second-order valence-corrected chi connectivity index (χ2v) is 11.7. The summed E-state index contributed by atoms with van der Waals surface area (Å²) < 4.78 is 39.4. The van der Waals surface area contributed by atoms with E-state index in [1.807, 2.05) is 26.8 Å². The van der Waals surface area contributed by atoms with Gasteiger partial charge in [-0.25, -0.2) is 9.99 Å². The first-order valence-corrected chi connectivity index (χ1v) is 17.6. The lowest BCUT2D eigenvalue weighted by atomic mass is 10.0. The van der Waals surface area contributed by atoms with E-state index >= 15 is 0 Å². The Hall–Kier alpha value is -4.37. The molecule has 51 heavy (non-hydrogen) atoms. The molecule has 4 aliphatic heterocycles. The molecule has 0 aromatic carbocycles. The summed E-state index contributed by atoms with van der Waals surface area (Å²) in [6.07, 6.45) is 14.3. The number of nitriles is 1. The largest absolute Gasteiger partial charge is 0.433 e. The van der Waals surface area contributed by atoms with Crippen molar-refractivity contribution in [2.45, 2.75) is 85.0 Å². The highest BCUT2D eigenvalue weighted by Crippen LogP contribution is 2.31. The van der Waals surface area contributed by atoms with Crippen LogP contribution >= 0.6 is 0 Å². The monoisotopic (exact) mass is 714 g/mol. The highest BCUT2D eigenvalue weighted by atomic mass is 19.4. The van der Waals surface area contributed by atoms with Crippen molar-refractivity contribution >= 4 is 24.1 Å². The van der Waals surface area contributed by atoms with E-state index in [0.717, 1.165) is 76.5 Å². The van der Waals surface area contributed by atoms with Crippen molar-refractivity contribution in [3.8, 4) is 18.9 Å². The predicted molar refractivity (Wildman–Crippen MR) is 201 cm³/mol. The van der Waals surface area contributed by atoms with Gasteiger partial charge in [0, 0.05) is 63.2 Å². The Bertz CT molecular complexity index is 1390. The number of aromatic nitrogens is 2. The molecular weight excluding hydrogens is 657 g/mol. The lowest BCUT2D eigenvalue weighted by Crippen LogP contribution is -2.35. The summed E-state index contributed by atoms with van der Waals surface area (Å²) in [5.41, 5.74) is 3.50. The molecule has 14 heteroatoms. The van der Waals surface area contributed by atoms with Gasteiger partial charge in [0.15, 0.2) is 0 Å². The van der Waals surface area contributed by atoms with Crippen molar-refractivity contribution in [2.75, 3.05) is 63.6 Å². The summed E-state index contributed by atoms with van der Waals surface area (Å²) in [5.74, 6) is 1.43. The molecule has 11 nitrogen and oxygen atoms in total. The van der Waals surface area contributed by atoms with Gasteiger partial charge < -0.3 is 30.7 Å². The van der Waals surface area contributed by atoms with Crippen molar-refractivity contribution in [1.82, 2.24) is 30.2 Å². The molecule has 2 aromatic heterocycles. The minimum Gasteiger partial charge on any atom is -0.367 e. The van der Waals surface area contributed by atoms with E-state index in [0.29, 0.717) is 24.6 Å². The maximum absolute atomic E-state index is 13.1. The smallest absolute Gasteiger partial charge is 0.367 e. The fourth-order valence-corrected chi connectivity index (χ4v) is 5.89. The Labute approximate surface area is 302 Å². The molecule has 4 aliphatic rings. The number of terminal acetylenes is 1. The third-order valence-corrected chi connectivity index (χ3v) is 8.15. The molecular formula is C37H57F3N10O. The molecule has 0 atom stereocenters. The molecule has 2 fully saturated rings. The summed E-state index contributed by atoms with van der Waals surface area (Å²) in [5, 5.41) is 21.6. The lowest BCUT2D eigenvalue weighted by Gasteiger charge is -2.25. The second-order valence-electron chi connectivity index (χ2n) is 11.7. The first-order chi connectivity index (χ1) is 24.7. The average Bonchev–Trinajstić information content (AvgIpc) is 3.92. The third kappa shape index (κ3) is 14.8. The highest BCUT2D eigenvalue weighted by molar-refractivity contribution is 6.16. The average molecular weight is 715 g/mol. The van der Waals surface area contributed by atoms with Crippen LogP contribution < -0.4 is 16.0 Å². The Morgan fingerprint density at radius 3 is 2.39 bits per heavy atom. The molecule has 0 radical (unpaired) electrons. The van der Waals surface area contributed by atoms with Gasteiger partial charge in [0.25, 0.3) is 0 Å². The summed E-state index contributed by atoms with van der Waals surface area (Å²) in [6, 6.07) is 6.99. The minimum absolute atomic E-state index is 0.187. The summed E-state index contributed by atoms with van der Waals surface area (Å²) in [6.45, 7) is 16.6. The Morgan fingerprint density at radius 2 is 1.78 bits per heavy atom. The van der Waals surface area contributed by atoms with Crippen LogP contribution in [0, 0.1) is 24.2 Å². The van der Waals surface area contributed by atoms with E-state index < -0.39 is 11.9 Å². The van der Waals surface area contributed by atoms with E-state index in [4.69, 9.17) is 10.1 Å². The molecule has 0 unspecified atom stereocenters. The third-order valence-electron chi connectivity index (χ3n) is 8.15. The number of anilines is 2. The fourth-order valence-electron chi connectivity index (χ4n) is 5.89. The van der Waals surface area contributed by atoms with Crippen molar-refractivity contribution in [2.24, 2.45) is 4.99 Å². The number of hydrogen-bond acceptors (Lipinski definition) is 10. The van der Waals surface area contributed by atoms with Gasteiger partial charge in [0.2, 0.25) is 0 Å². The number of hydrazine groups is 1. The van der Waals surface area contributed by atoms with Gasteiger partial charge in [-0.1, -0.05) is 27.2 Å². The van der Waals surface area contributed by atoms with E-state index in [-0.39, 0.29) is 6.04 Å². The number of alkyl halides is 3. The molecule has 4 N–H and O–H groups in total. The molecule has 2 aromatic rings. The van der Waals surface area contributed by atoms with Crippen LogP contribution in [0.25, 0.3) is 0 Å². The Kier molecular flexibility index (Phi) is 21.6. The number of hydrogen-bond donors (Lipinski definition) is 4. The van der Waals surface area contributed by atoms with Crippen LogP contribution in [0.15, 0.2) is 41.2 Å². The molecule has 0 bridgehead atoms. The molecule has 2 saturated heterocycles. The zero-order valence-corrected chi connectivity index (χ0v) is 31.0. The van der Waals surface area contributed by atoms with Crippen molar-refractivity contribution < 1.29 is 18.0 Å². The van der Waals surface area contributed by atoms with Gasteiger partial charge in [-0.2, -0.15) is 18.4 Å². The van der Waals surface area contributed by atoms with Gasteiger partial charge in [-0.15, -0.1) is 12.8 Å². The quantitative estimate of drug-likeness (QED) is 0.226. The fraction of sp³-hybridized carbons (Fsp3) is 0.568. The molecule has 0 amide bonds. The van der Waals surface area contributed by atoms with Crippen LogP contribution in [-0.2, 0) is 17.5 Å². The number of rotatable bonds is 8. The van der Waals surface area contributed by atoms with Crippen LogP contribution in [0.2, 0.25) is 0 Å². The number of unbranched alkanes of at least 4 members (excludes halogenated alkanes) is 1. The molecule has 6 heterocycles. The number of fused-ring (bicyclic) bond motifs is 1. The van der Waals surface area contributed by atoms with Crippen molar-refractivity contribution in [1.29, 1.82) is 5.26 Å². The number of nitrogens with zero attached hydrogens (tertiary/aromatic N) is 6. The van der Waals surface area contributed by atoms with E-state index in [9.17, 15) is 13.2 Å². The van der Waals surface area contributed by atoms with Crippen LogP contribution in [0.5, 0.6) is 0 Å². The highest BCUT2D eigenvalue weighted by Gasteiger charge is 2.34. The van der Waals surface area contributed by atoms with Gasteiger partial charge in [-0.3, -0.25) is 9.89 Å². The molecule has 6 rings (SSSR count). The minimum atomic E-state index is -4.41. The van der Waals surface area contributed by atoms with E-state index in [1.165, 1.54) is 37.0 Å². The number of carbonyl (C=O) groups excluding carboxylic acids is 1. The van der Waals surface area contributed by atoms with Crippen LogP contribution in [-0.4, -0.2) is 96.4 Å². The van der Waals surface area contributed by atoms with Crippen molar-refractivity contribution in [3.05, 3.63) is 53.0 Å². The summed E-state index contributed by atoms with van der Waals surface area (Å²) >= 11 is 0. The number of pyridine rings is 1. The first kappa shape index (κ1) is 44.7. The zero-order valence-electron chi connectivity index (χ0n) is 31.0. The van der Waals surface area contributed by atoms with Gasteiger partial charge >= 0.3 is 6.18 Å². The zero-order chi connectivity index (χ0) is 38.2. The normalized spacial score (nSPS) is 16.8. The number of carbonyl (C=O) groups is 1. The number of aliphatic imine (C=N–C) groups is 1. The number of halogens is 3.